The van der Waals surface area contributed by atoms with Gasteiger partial charge in [0.15, 0.2) is 0 Å². The highest BCUT2D eigenvalue weighted by molar-refractivity contribution is 5.57. The number of nitrogen functional groups attached to an aromatic ring is 1. The Kier molecular flexibility index (Phi) is 2.55. The van der Waals surface area contributed by atoms with Crippen LogP contribution < -0.4 is 5.73 Å². The summed E-state index contributed by atoms with van der Waals surface area (Å²) in [4.78, 5) is 10.6. The highest BCUT2D eigenvalue weighted by Gasteiger charge is 2.18. The second-order valence-electron chi connectivity index (χ2n) is 3.84. The van der Waals surface area contributed by atoms with E-state index in [-0.39, 0.29) is 5.69 Å². The topological polar surface area (TPSA) is 87.0 Å². The largest absolute Gasteiger partial charge is 0.382 e. The van der Waals surface area contributed by atoms with Crippen LogP contribution in [0.5, 0.6) is 0 Å². The molecule has 0 spiro atoms. The zero-order valence-corrected chi connectivity index (χ0v) is 9.54. The van der Waals surface area contributed by atoms with Crippen molar-refractivity contribution in [3.63, 3.8) is 0 Å². The molecular weight excluding hydrogens is 220 g/mol. The summed E-state index contributed by atoms with van der Waals surface area (Å²) >= 11 is 0. The van der Waals surface area contributed by atoms with Gasteiger partial charge in [-0.3, -0.25) is 10.1 Å². The van der Waals surface area contributed by atoms with Gasteiger partial charge in [-0.2, -0.15) is 5.10 Å². The van der Waals surface area contributed by atoms with Crippen molar-refractivity contribution in [2.24, 2.45) is 0 Å². The van der Waals surface area contributed by atoms with E-state index in [9.17, 15) is 10.1 Å². The molecule has 2 aromatic rings. The fraction of sp³-hybridized carbons (Fsp3) is 0.182. The van der Waals surface area contributed by atoms with Crippen molar-refractivity contribution in [2.75, 3.05) is 5.73 Å². The number of anilines is 1. The molecule has 0 aliphatic carbocycles. The van der Waals surface area contributed by atoms with Crippen molar-refractivity contribution in [1.29, 1.82) is 0 Å². The average Bonchev–Trinajstić information content (AvgIpc) is 2.58. The molecule has 6 heteroatoms. The molecule has 88 valence electrons. The molecule has 2 rings (SSSR count). The Morgan fingerprint density at radius 1 is 1.35 bits per heavy atom. The van der Waals surface area contributed by atoms with Crippen molar-refractivity contribution in [1.82, 2.24) is 9.78 Å². The first-order valence-corrected chi connectivity index (χ1v) is 5.07. The molecule has 0 fully saturated rings. The Balaban J connectivity index is 2.69. The number of nitrogens with zero attached hydrogens (tertiary/aromatic N) is 3. The van der Waals surface area contributed by atoms with Gasteiger partial charge in [0.05, 0.1) is 4.92 Å². The first kappa shape index (κ1) is 11.1. The van der Waals surface area contributed by atoms with E-state index in [0.29, 0.717) is 11.5 Å². The average molecular weight is 232 g/mol. The SMILES string of the molecule is Cc1cn(-c2c(C)cccc2[N+](=O)[O-])nc1N. The summed E-state index contributed by atoms with van der Waals surface area (Å²) in [6.07, 6.45) is 1.69. The normalized spacial score (nSPS) is 10.5. The number of aryl methyl sites for hydroxylation is 2. The summed E-state index contributed by atoms with van der Waals surface area (Å²) in [6, 6.07) is 4.90. The van der Waals surface area contributed by atoms with Crippen LogP contribution in [-0.2, 0) is 0 Å². The van der Waals surface area contributed by atoms with Crippen LogP contribution in [0.4, 0.5) is 11.5 Å². The number of nitrogens with two attached hydrogens (primary N) is 1. The lowest BCUT2D eigenvalue weighted by atomic mass is 10.1. The predicted molar refractivity (Wildman–Crippen MR) is 64.1 cm³/mol. The van der Waals surface area contributed by atoms with Gasteiger partial charge in [-0.05, 0) is 19.4 Å². The number of benzene rings is 1. The Morgan fingerprint density at radius 3 is 2.59 bits per heavy atom. The molecule has 0 aliphatic heterocycles. The van der Waals surface area contributed by atoms with Crippen LogP contribution >= 0.6 is 0 Å². The van der Waals surface area contributed by atoms with Gasteiger partial charge in [-0.1, -0.05) is 12.1 Å². The second kappa shape index (κ2) is 3.89. The van der Waals surface area contributed by atoms with E-state index in [0.717, 1.165) is 11.1 Å². The van der Waals surface area contributed by atoms with E-state index < -0.39 is 4.92 Å². The van der Waals surface area contributed by atoms with Gasteiger partial charge in [0.1, 0.15) is 11.5 Å². The number of rotatable bonds is 2. The Bertz CT molecular complexity index is 570. The molecule has 0 unspecified atom stereocenters. The quantitative estimate of drug-likeness (QED) is 0.633. The highest BCUT2D eigenvalue weighted by Crippen LogP contribution is 2.26. The van der Waals surface area contributed by atoms with E-state index in [4.69, 9.17) is 5.73 Å². The molecule has 1 aromatic carbocycles. The van der Waals surface area contributed by atoms with E-state index in [1.807, 2.05) is 6.92 Å². The maximum absolute atomic E-state index is 11.0. The molecule has 2 N–H and O–H groups in total. The maximum Gasteiger partial charge on any atom is 0.295 e. The molecule has 0 amide bonds. The van der Waals surface area contributed by atoms with E-state index in [1.54, 1.807) is 25.3 Å². The predicted octanol–water partition coefficient (Wildman–Crippen LogP) is 1.98. The Morgan fingerprint density at radius 2 is 2.06 bits per heavy atom. The lowest BCUT2D eigenvalue weighted by molar-refractivity contribution is -0.384. The molecule has 6 nitrogen and oxygen atoms in total. The van der Waals surface area contributed by atoms with Crippen LogP contribution in [0.15, 0.2) is 24.4 Å². The third kappa shape index (κ3) is 1.84. The highest BCUT2D eigenvalue weighted by atomic mass is 16.6. The number of hydrogen-bond acceptors (Lipinski definition) is 4. The van der Waals surface area contributed by atoms with E-state index in [1.165, 1.54) is 10.7 Å². The smallest absolute Gasteiger partial charge is 0.295 e. The molecular formula is C11H12N4O2. The summed E-state index contributed by atoms with van der Waals surface area (Å²) in [5.74, 6) is 0.377. The van der Waals surface area contributed by atoms with Crippen molar-refractivity contribution in [3.8, 4) is 5.69 Å². The molecule has 0 radical (unpaired) electrons. The summed E-state index contributed by atoms with van der Waals surface area (Å²) < 4.78 is 1.46. The van der Waals surface area contributed by atoms with Crippen LogP contribution in [0.1, 0.15) is 11.1 Å². The lowest BCUT2D eigenvalue weighted by Crippen LogP contribution is -2.03. The standard InChI is InChI=1S/C11H12N4O2/c1-7-4-3-5-9(15(16)17)10(7)14-6-8(2)11(12)13-14/h3-6H,1-2H3,(H2,12,13). The summed E-state index contributed by atoms with van der Waals surface area (Å²) in [7, 11) is 0. The molecule has 0 atom stereocenters. The van der Waals surface area contributed by atoms with Gasteiger partial charge in [0.2, 0.25) is 0 Å². The van der Waals surface area contributed by atoms with Crippen LogP contribution in [0.3, 0.4) is 0 Å². The third-order valence-electron chi connectivity index (χ3n) is 2.58. The number of aromatic nitrogens is 2. The summed E-state index contributed by atoms with van der Waals surface area (Å²) in [5, 5.41) is 15.0. The van der Waals surface area contributed by atoms with Crippen LogP contribution in [0.25, 0.3) is 5.69 Å². The van der Waals surface area contributed by atoms with E-state index >= 15 is 0 Å². The fourth-order valence-electron chi connectivity index (χ4n) is 1.68. The Labute approximate surface area is 97.8 Å². The first-order chi connectivity index (χ1) is 8.00. The molecule has 1 aromatic heterocycles. The minimum absolute atomic E-state index is 0.0208. The lowest BCUT2D eigenvalue weighted by Gasteiger charge is -2.05. The van der Waals surface area contributed by atoms with Gasteiger partial charge >= 0.3 is 0 Å². The molecule has 0 aliphatic rings. The zero-order valence-electron chi connectivity index (χ0n) is 9.54. The number of para-hydroxylation sites is 1. The van der Waals surface area contributed by atoms with Crippen LogP contribution in [-0.4, -0.2) is 14.7 Å². The van der Waals surface area contributed by atoms with Gasteiger partial charge in [0, 0.05) is 17.8 Å². The van der Waals surface area contributed by atoms with E-state index in [2.05, 4.69) is 5.10 Å². The molecule has 0 bridgehead atoms. The molecule has 1 heterocycles. The third-order valence-corrected chi connectivity index (χ3v) is 2.58. The first-order valence-electron chi connectivity index (χ1n) is 5.07. The Hall–Kier alpha value is -2.37. The van der Waals surface area contributed by atoms with Gasteiger partial charge in [0.25, 0.3) is 5.69 Å². The zero-order chi connectivity index (χ0) is 12.6. The van der Waals surface area contributed by atoms with Gasteiger partial charge in [-0.25, -0.2) is 4.68 Å². The minimum atomic E-state index is -0.421. The number of nitro groups is 1. The van der Waals surface area contributed by atoms with Gasteiger partial charge in [-0.15, -0.1) is 0 Å². The number of nitro benzene ring substituents is 1. The maximum atomic E-state index is 11.0. The van der Waals surface area contributed by atoms with Crippen molar-refractivity contribution in [3.05, 3.63) is 45.6 Å². The molecule has 17 heavy (non-hydrogen) atoms. The van der Waals surface area contributed by atoms with Crippen molar-refractivity contribution in [2.45, 2.75) is 13.8 Å². The molecule has 0 saturated carbocycles. The molecule has 0 saturated heterocycles. The fourth-order valence-corrected chi connectivity index (χ4v) is 1.68. The summed E-state index contributed by atoms with van der Waals surface area (Å²) in [5.41, 5.74) is 7.70. The monoisotopic (exact) mass is 232 g/mol. The van der Waals surface area contributed by atoms with Crippen molar-refractivity contribution < 1.29 is 4.92 Å². The minimum Gasteiger partial charge on any atom is -0.382 e. The summed E-state index contributed by atoms with van der Waals surface area (Å²) in [6.45, 7) is 3.61. The van der Waals surface area contributed by atoms with Crippen LogP contribution in [0, 0.1) is 24.0 Å². The van der Waals surface area contributed by atoms with Crippen molar-refractivity contribution >= 4 is 11.5 Å². The van der Waals surface area contributed by atoms with Gasteiger partial charge < -0.3 is 5.73 Å². The number of hydrogen-bond donors (Lipinski definition) is 1. The van der Waals surface area contributed by atoms with Crippen LogP contribution in [0.2, 0.25) is 0 Å². The second-order valence-corrected chi connectivity index (χ2v) is 3.84.